The predicted octanol–water partition coefficient (Wildman–Crippen LogP) is 6.13. The summed E-state index contributed by atoms with van der Waals surface area (Å²) in [7, 11) is 1.49. The molecule has 0 saturated heterocycles. The minimum atomic E-state index is -2.70. The molecule has 0 spiro atoms. The number of nitrogens with zero attached hydrogens (tertiary/aromatic N) is 2. The molecule has 198 valence electrons. The van der Waals surface area contributed by atoms with Gasteiger partial charge in [-0.25, -0.2) is 17.6 Å². The quantitative estimate of drug-likeness (QED) is 0.248. The fourth-order valence-corrected chi connectivity index (χ4v) is 6.73. The summed E-state index contributed by atoms with van der Waals surface area (Å²) in [5, 5.41) is 7.87. The number of aryl methyl sites for hydroxylation is 1. The number of hydrogen-bond donors (Lipinski definition) is 2. The topological polar surface area (TPSA) is 90.0 Å². The first kappa shape index (κ1) is 25.3. The second-order valence-corrected chi connectivity index (χ2v) is 10.6. The van der Waals surface area contributed by atoms with Crippen LogP contribution in [0.2, 0.25) is 5.02 Å². The summed E-state index contributed by atoms with van der Waals surface area (Å²) in [6.07, 6.45) is -3.34. The third kappa shape index (κ3) is 3.87. The molecule has 6 rings (SSSR count). The van der Waals surface area contributed by atoms with E-state index in [1.54, 1.807) is 12.1 Å². The molecule has 1 unspecified atom stereocenters. The SMILES string of the molecule is Cn1nc2c3c(c(-c4sc5c(F)cccc5c4C(N)=O)cc2c1CC(F)F)C(c1cc(F)ccc1Cl)NC3=O. The summed E-state index contributed by atoms with van der Waals surface area (Å²) < 4.78 is 57.6. The highest BCUT2D eigenvalue weighted by Crippen LogP contribution is 2.48. The van der Waals surface area contributed by atoms with Gasteiger partial charge in [-0.3, -0.25) is 14.3 Å². The van der Waals surface area contributed by atoms with E-state index in [1.807, 2.05) is 0 Å². The molecule has 3 aromatic carbocycles. The van der Waals surface area contributed by atoms with Gasteiger partial charge in [0.05, 0.1) is 34.0 Å². The van der Waals surface area contributed by atoms with E-state index in [9.17, 15) is 27.2 Å². The van der Waals surface area contributed by atoms with Crippen molar-refractivity contribution in [2.24, 2.45) is 12.8 Å². The molecule has 2 amide bonds. The largest absolute Gasteiger partial charge is 0.366 e. The maximum absolute atomic E-state index is 14.8. The van der Waals surface area contributed by atoms with E-state index in [0.717, 1.165) is 11.3 Å². The van der Waals surface area contributed by atoms with Crippen molar-refractivity contribution in [1.82, 2.24) is 15.1 Å². The van der Waals surface area contributed by atoms with E-state index >= 15 is 0 Å². The number of thiophene rings is 1. The van der Waals surface area contributed by atoms with E-state index in [4.69, 9.17) is 17.3 Å². The van der Waals surface area contributed by atoms with Gasteiger partial charge in [0.2, 0.25) is 6.43 Å². The Morgan fingerprint density at radius 2 is 1.97 bits per heavy atom. The van der Waals surface area contributed by atoms with Crippen LogP contribution in [0.4, 0.5) is 17.6 Å². The Hall–Kier alpha value is -3.96. The molecule has 5 aromatic rings. The highest BCUT2D eigenvalue weighted by molar-refractivity contribution is 7.22. The molecule has 6 nitrogen and oxygen atoms in total. The van der Waals surface area contributed by atoms with E-state index in [0.29, 0.717) is 5.56 Å². The van der Waals surface area contributed by atoms with Crippen molar-refractivity contribution in [2.45, 2.75) is 18.9 Å². The summed E-state index contributed by atoms with van der Waals surface area (Å²) >= 11 is 7.36. The van der Waals surface area contributed by atoms with E-state index in [2.05, 4.69) is 10.4 Å². The van der Waals surface area contributed by atoms with Crippen LogP contribution in [0.3, 0.4) is 0 Å². The van der Waals surface area contributed by atoms with Gasteiger partial charge >= 0.3 is 0 Å². The summed E-state index contributed by atoms with van der Waals surface area (Å²) in [6, 6.07) is 8.49. The average Bonchev–Trinajstić information content (AvgIpc) is 3.52. The van der Waals surface area contributed by atoms with Gasteiger partial charge in [0, 0.05) is 38.8 Å². The van der Waals surface area contributed by atoms with Gasteiger partial charge in [0.15, 0.2) is 0 Å². The third-order valence-electron chi connectivity index (χ3n) is 6.86. The van der Waals surface area contributed by atoms with Crippen molar-refractivity contribution in [1.29, 1.82) is 0 Å². The van der Waals surface area contributed by atoms with Crippen LogP contribution in [0, 0.1) is 11.6 Å². The number of primary amides is 1. The lowest BCUT2D eigenvalue weighted by Gasteiger charge is -2.18. The van der Waals surface area contributed by atoms with Crippen LogP contribution in [0.15, 0.2) is 42.5 Å². The zero-order valence-electron chi connectivity index (χ0n) is 20.0. The molecule has 39 heavy (non-hydrogen) atoms. The number of nitrogens with one attached hydrogen (secondary N) is 1. The highest BCUT2D eigenvalue weighted by atomic mass is 35.5. The molecule has 0 bridgehead atoms. The van der Waals surface area contributed by atoms with Gasteiger partial charge in [-0.15, -0.1) is 11.3 Å². The lowest BCUT2D eigenvalue weighted by atomic mass is 9.89. The lowest BCUT2D eigenvalue weighted by Crippen LogP contribution is -2.20. The Balaban J connectivity index is 1.77. The van der Waals surface area contributed by atoms with Crippen molar-refractivity contribution in [3.63, 3.8) is 0 Å². The normalized spacial score (nSPS) is 14.9. The number of halogens is 5. The van der Waals surface area contributed by atoms with Gasteiger partial charge in [0.25, 0.3) is 11.8 Å². The molecule has 3 N–H and O–H groups in total. The van der Waals surface area contributed by atoms with Crippen LogP contribution in [-0.4, -0.2) is 28.0 Å². The van der Waals surface area contributed by atoms with Crippen molar-refractivity contribution >= 4 is 55.7 Å². The van der Waals surface area contributed by atoms with Gasteiger partial charge in [-0.1, -0.05) is 23.7 Å². The van der Waals surface area contributed by atoms with Crippen LogP contribution in [0.5, 0.6) is 0 Å². The number of fused-ring (bicyclic) bond motifs is 4. The number of aromatic nitrogens is 2. The van der Waals surface area contributed by atoms with Gasteiger partial charge in [-0.2, -0.15) is 5.10 Å². The molecular weight excluding hydrogens is 556 g/mol. The summed E-state index contributed by atoms with van der Waals surface area (Å²) in [6.45, 7) is 0. The molecule has 2 aromatic heterocycles. The first-order valence-electron chi connectivity index (χ1n) is 11.6. The summed E-state index contributed by atoms with van der Waals surface area (Å²) in [5.74, 6) is -2.61. The lowest BCUT2D eigenvalue weighted by molar-refractivity contribution is 0.0960. The third-order valence-corrected chi connectivity index (χ3v) is 8.45. The van der Waals surface area contributed by atoms with Gasteiger partial charge in [-0.05, 0) is 35.9 Å². The molecule has 3 heterocycles. The van der Waals surface area contributed by atoms with Crippen molar-refractivity contribution in [3.05, 3.63) is 87.1 Å². The molecule has 0 fully saturated rings. The van der Waals surface area contributed by atoms with Crippen molar-refractivity contribution in [3.8, 4) is 10.4 Å². The standard InChI is InChI=1S/C27H17ClF4N4O2S/c1-36-17(9-18(31)32)13-8-14(25-20(26(33)37)11-3-2-4-16(30)24(11)39-25)19-21(23(13)35-36)27(38)34-22(19)12-7-10(29)5-6-15(12)28/h2-8,18,22H,9H2,1H3,(H2,33,37)(H,34,38). The molecule has 0 radical (unpaired) electrons. The zero-order chi connectivity index (χ0) is 27.7. The van der Waals surface area contributed by atoms with Crippen molar-refractivity contribution < 1.29 is 27.2 Å². The Kier molecular flexibility index (Phi) is 5.88. The summed E-state index contributed by atoms with van der Waals surface area (Å²) in [4.78, 5) is 26.4. The first-order valence-corrected chi connectivity index (χ1v) is 12.8. The molecular formula is C27H17ClF4N4O2S. The minimum absolute atomic E-state index is 0.0128. The van der Waals surface area contributed by atoms with Crippen LogP contribution in [0.25, 0.3) is 31.4 Å². The van der Waals surface area contributed by atoms with Crippen molar-refractivity contribution in [2.75, 3.05) is 0 Å². The second kappa shape index (κ2) is 9.06. The first-order chi connectivity index (χ1) is 18.6. The number of benzene rings is 3. The molecule has 0 saturated carbocycles. The molecule has 1 atom stereocenters. The monoisotopic (exact) mass is 572 g/mol. The number of carbonyl (C=O) groups excluding carboxylic acids is 2. The molecule has 0 aliphatic carbocycles. The van der Waals surface area contributed by atoms with E-state index < -0.39 is 42.3 Å². The fraction of sp³-hybridized carbons (Fsp3) is 0.148. The van der Waals surface area contributed by atoms with Crippen LogP contribution >= 0.6 is 22.9 Å². The van der Waals surface area contributed by atoms with Crippen LogP contribution in [0.1, 0.15) is 43.6 Å². The molecule has 1 aliphatic rings. The van der Waals surface area contributed by atoms with Crippen LogP contribution in [-0.2, 0) is 13.5 Å². The Morgan fingerprint density at radius 1 is 1.21 bits per heavy atom. The second-order valence-electron chi connectivity index (χ2n) is 9.13. The van der Waals surface area contributed by atoms with Gasteiger partial charge < -0.3 is 11.1 Å². The minimum Gasteiger partial charge on any atom is -0.366 e. The van der Waals surface area contributed by atoms with Crippen LogP contribution < -0.4 is 11.1 Å². The predicted molar refractivity (Wildman–Crippen MR) is 140 cm³/mol. The Morgan fingerprint density at radius 3 is 2.69 bits per heavy atom. The highest BCUT2D eigenvalue weighted by Gasteiger charge is 2.39. The number of alkyl halides is 2. The maximum atomic E-state index is 14.8. The van der Waals surface area contributed by atoms with E-state index in [-0.39, 0.29) is 58.8 Å². The Bertz CT molecular complexity index is 1870. The number of rotatable bonds is 5. The van der Waals surface area contributed by atoms with Gasteiger partial charge in [0.1, 0.15) is 17.2 Å². The maximum Gasteiger partial charge on any atom is 0.254 e. The number of hydrogen-bond acceptors (Lipinski definition) is 4. The zero-order valence-corrected chi connectivity index (χ0v) is 21.6. The fourth-order valence-electron chi connectivity index (χ4n) is 5.27. The molecule has 12 heteroatoms. The smallest absolute Gasteiger partial charge is 0.254 e. The summed E-state index contributed by atoms with van der Waals surface area (Å²) in [5.41, 5.74) is 6.98. The number of amides is 2. The van der Waals surface area contributed by atoms with E-state index in [1.165, 1.54) is 42.1 Å². The molecule has 1 aliphatic heterocycles. The Labute approximate surface area is 227 Å². The number of carbonyl (C=O) groups is 2. The average molecular weight is 573 g/mol. The number of nitrogens with two attached hydrogens (primary N) is 1.